The highest BCUT2D eigenvalue weighted by Gasteiger charge is 2.24. The molecule has 2 aromatic carbocycles. The van der Waals surface area contributed by atoms with Crippen molar-refractivity contribution in [3.8, 4) is 0 Å². The van der Waals surface area contributed by atoms with E-state index in [9.17, 15) is 9.59 Å². The van der Waals surface area contributed by atoms with E-state index in [1.807, 2.05) is 65.3 Å². The Morgan fingerprint density at radius 3 is 1.92 bits per heavy atom. The molecule has 25 heavy (non-hydrogen) atoms. The summed E-state index contributed by atoms with van der Waals surface area (Å²) in [6.45, 7) is 4.46. The van der Waals surface area contributed by atoms with Gasteiger partial charge in [0.1, 0.15) is 0 Å². The number of nitrogens with zero attached hydrogens (tertiary/aromatic N) is 2. The Bertz CT molecular complexity index is 725. The normalized spacial score (nSPS) is 15.0. The van der Waals surface area contributed by atoms with Crippen LogP contribution >= 0.6 is 22.6 Å². The average Bonchev–Trinajstić information content (AvgIpc) is 2.87. The average molecular weight is 448 g/mol. The molecular formula is C20H21IN2O2. The molecule has 0 saturated carbocycles. The van der Waals surface area contributed by atoms with Crippen molar-refractivity contribution in [1.82, 2.24) is 9.80 Å². The van der Waals surface area contributed by atoms with E-state index in [4.69, 9.17) is 0 Å². The second-order valence-electron chi connectivity index (χ2n) is 6.23. The fourth-order valence-corrected chi connectivity index (χ4v) is 3.73. The molecule has 0 aliphatic carbocycles. The van der Waals surface area contributed by atoms with E-state index in [1.54, 1.807) is 0 Å². The van der Waals surface area contributed by atoms with Gasteiger partial charge in [-0.05, 0) is 59.7 Å². The van der Waals surface area contributed by atoms with Crippen molar-refractivity contribution in [2.45, 2.75) is 13.3 Å². The van der Waals surface area contributed by atoms with Gasteiger partial charge >= 0.3 is 0 Å². The highest BCUT2D eigenvalue weighted by Crippen LogP contribution is 2.17. The molecule has 1 fully saturated rings. The molecule has 0 spiro atoms. The molecule has 4 nitrogen and oxygen atoms in total. The summed E-state index contributed by atoms with van der Waals surface area (Å²) in [5.74, 6) is 0.108. The van der Waals surface area contributed by atoms with E-state index >= 15 is 0 Å². The van der Waals surface area contributed by atoms with Crippen molar-refractivity contribution < 1.29 is 9.59 Å². The van der Waals surface area contributed by atoms with E-state index in [2.05, 4.69) is 22.6 Å². The largest absolute Gasteiger partial charge is 0.337 e. The van der Waals surface area contributed by atoms with E-state index in [-0.39, 0.29) is 11.8 Å². The molecule has 1 aliphatic heterocycles. The highest BCUT2D eigenvalue weighted by atomic mass is 127. The van der Waals surface area contributed by atoms with Crippen molar-refractivity contribution in [2.24, 2.45) is 0 Å². The lowest BCUT2D eigenvalue weighted by Crippen LogP contribution is -2.37. The number of aryl methyl sites for hydroxylation is 1. The standard InChI is InChI=1S/C20H21IN2O2/c1-15-7-2-3-8-16(15)19(24)22-11-6-12-23(14-13-22)20(25)17-9-4-5-10-18(17)21/h2-5,7-10H,6,11-14H2,1H3. The minimum atomic E-state index is 0.0511. The zero-order valence-corrected chi connectivity index (χ0v) is 16.4. The van der Waals surface area contributed by atoms with Crippen LogP contribution in [0.1, 0.15) is 32.7 Å². The number of halogens is 1. The molecule has 3 rings (SSSR count). The Morgan fingerprint density at radius 2 is 1.32 bits per heavy atom. The maximum absolute atomic E-state index is 12.8. The number of hydrogen-bond acceptors (Lipinski definition) is 2. The first-order chi connectivity index (χ1) is 12.1. The fraction of sp³-hybridized carbons (Fsp3) is 0.300. The molecule has 1 aliphatic rings. The van der Waals surface area contributed by atoms with Crippen LogP contribution in [0.15, 0.2) is 48.5 Å². The van der Waals surface area contributed by atoms with Crippen LogP contribution in [0.3, 0.4) is 0 Å². The SMILES string of the molecule is Cc1ccccc1C(=O)N1CCCN(C(=O)c2ccccc2I)CC1. The molecule has 5 heteroatoms. The maximum atomic E-state index is 12.8. The van der Waals surface area contributed by atoms with E-state index in [0.717, 1.165) is 26.7 Å². The van der Waals surface area contributed by atoms with E-state index in [0.29, 0.717) is 26.2 Å². The molecule has 2 amide bonds. The highest BCUT2D eigenvalue weighted by molar-refractivity contribution is 14.1. The summed E-state index contributed by atoms with van der Waals surface area (Å²) in [5, 5.41) is 0. The van der Waals surface area contributed by atoms with Crippen LogP contribution in [-0.2, 0) is 0 Å². The number of amides is 2. The third-order valence-corrected chi connectivity index (χ3v) is 5.49. The van der Waals surface area contributed by atoms with Crippen LogP contribution < -0.4 is 0 Å². The molecule has 0 atom stereocenters. The maximum Gasteiger partial charge on any atom is 0.254 e. The summed E-state index contributed by atoms with van der Waals surface area (Å²) < 4.78 is 0.960. The number of benzene rings is 2. The van der Waals surface area contributed by atoms with Gasteiger partial charge < -0.3 is 9.80 Å². The quantitative estimate of drug-likeness (QED) is 0.660. The van der Waals surface area contributed by atoms with Crippen LogP contribution in [0, 0.1) is 10.5 Å². The predicted molar refractivity (Wildman–Crippen MR) is 107 cm³/mol. The molecule has 0 N–H and O–H groups in total. The molecule has 1 saturated heterocycles. The van der Waals surface area contributed by atoms with Gasteiger partial charge in [-0.3, -0.25) is 9.59 Å². The Morgan fingerprint density at radius 1 is 0.800 bits per heavy atom. The summed E-state index contributed by atoms with van der Waals surface area (Å²) >= 11 is 2.20. The summed E-state index contributed by atoms with van der Waals surface area (Å²) in [5.41, 5.74) is 2.48. The Hall–Kier alpha value is -1.89. The second kappa shape index (κ2) is 7.99. The van der Waals surface area contributed by atoms with Crippen molar-refractivity contribution in [3.05, 3.63) is 68.8 Å². The zero-order valence-electron chi connectivity index (χ0n) is 14.2. The second-order valence-corrected chi connectivity index (χ2v) is 7.39. The van der Waals surface area contributed by atoms with Crippen molar-refractivity contribution in [2.75, 3.05) is 26.2 Å². The van der Waals surface area contributed by atoms with E-state index in [1.165, 1.54) is 0 Å². The molecule has 0 radical (unpaired) electrons. The van der Waals surface area contributed by atoms with Crippen molar-refractivity contribution in [3.63, 3.8) is 0 Å². The number of carbonyl (C=O) groups excluding carboxylic acids is 2. The predicted octanol–water partition coefficient (Wildman–Crippen LogP) is 3.59. The van der Waals surface area contributed by atoms with Crippen LogP contribution in [0.2, 0.25) is 0 Å². The molecule has 130 valence electrons. The number of rotatable bonds is 2. The van der Waals surface area contributed by atoms with Gasteiger partial charge in [-0.15, -0.1) is 0 Å². The molecule has 1 heterocycles. The van der Waals surface area contributed by atoms with Crippen molar-refractivity contribution >= 4 is 34.4 Å². The summed E-state index contributed by atoms with van der Waals surface area (Å²) in [6.07, 6.45) is 0.798. The Balaban J connectivity index is 1.70. The number of carbonyl (C=O) groups is 2. The first-order valence-corrected chi connectivity index (χ1v) is 9.54. The van der Waals surface area contributed by atoms with E-state index < -0.39 is 0 Å². The first kappa shape index (κ1) is 17.9. The van der Waals surface area contributed by atoms with Crippen LogP contribution in [0.25, 0.3) is 0 Å². The number of hydrogen-bond donors (Lipinski definition) is 0. The smallest absolute Gasteiger partial charge is 0.254 e. The molecule has 0 aromatic heterocycles. The lowest BCUT2D eigenvalue weighted by atomic mass is 10.1. The van der Waals surface area contributed by atoms with Gasteiger partial charge in [0, 0.05) is 35.3 Å². The minimum absolute atomic E-state index is 0.0511. The van der Waals surface area contributed by atoms with Crippen LogP contribution in [0.4, 0.5) is 0 Å². The van der Waals surface area contributed by atoms with Gasteiger partial charge in [0.25, 0.3) is 11.8 Å². The minimum Gasteiger partial charge on any atom is -0.337 e. The van der Waals surface area contributed by atoms with Gasteiger partial charge in [0.05, 0.1) is 5.56 Å². The van der Waals surface area contributed by atoms with Gasteiger partial charge in [-0.1, -0.05) is 30.3 Å². The molecule has 0 bridgehead atoms. The third kappa shape index (κ3) is 4.03. The topological polar surface area (TPSA) is 40.6 Å². The third-order valence-electron chi connectivity index (χ3n) is 4.55. The summed E-state index contributed by atoms with van der Waals surface area (Å²) in [7, 11) is 0. The lowest BCUT2D eigenvalue weighted by molar-refractivity contribution is 0.0718. The fourth-order valence-electron chi connectivity index (χ4n) is 3.11. The van der Waals surface area contributed by atoms with Crippen LogP contribution in [0.5, 0.6) is 0 Å². The Labute approximate surface area is 162 Å². The van der Waals surface area contributed by atoms with Gasteiger partial charge in [-0.25, -0.2) is 0 Å². The summed E-state index contributed by atoms with van der Waals surface area (Å²) in [6, 6.07) is 15.3. The van der Waals surface area contributed by atoms with Gasteiger partial charge in [-0.2, -0.15) is 0 Å². The molecule has 0 unspecified atom stereocenters. The van der Waals surface area contributed by atoms with Crippen LogP contribution in [-0.4, -0.2) is 47.8 Å². The van der Waals surface area contributed by atoms with Crippen molar-refractivity contribution in [1.29, 1.82) is 0 Å². The zero-order chi connectivity index (χ0) is 17.8. The first-order valence-electron chi connectivity index (χ1n) is 8.46. The molecule has 2 aromatic rings. The monoisotopic (exact) mass is 448 g/mol. The van der Waals surface area contributed by atoms with Gasteiger partial charge in [0.2, 0.25) is 0 Å². The Kier molecular flexibility index (Phi) is 5.73. The lowest BCUT2D eigenvalue weighted by Gasteiger charge is -2.23. The summed E-state index contributed by atoms with van der Waals surface area (Å²) in [4.78, 5) is 29.3. The van der Waals surface area contributed by atoms with Gasteiger partial charge in [0.15, 0.2) is 0 Å². The molecular weight excluding hydrogens is 427 g/mol.